The molecule has 1 aromatic carbocycles. The maximum Gasteiger partial charge on any atom is 0.254 e. The predicted molar refractivity (Wildman–Crippen MR) is 71.9 cm³/mol. The normalized spacial score (nSPS) is 11.4. The average molecular weight is 318 g/mol. The van der Waals surface area contributed by atoms with Crippen LogP contribution in [0.25, 0.3) is 0 Å². The van der Waals surface area contributed by atoms with Crippen molar-refractivity contribution in [1.82, 2.24) is 5.32 Å². The molecule has 0 aromatic heterocycles. The van der Waals surface area contributed by atoms with Crippen LogP contribution in [-0.4, -0.2) is 24.2 Å². The van der Waals surface area contributed by atoms with Gasteiger partial charge in [0.05, 0.1) is 5.56 Å². The summed E-state index contributed by atoms with van der Waals surface area (Å²) in [6.45, 7) is 4.32. The first kappa shape index (κ1) is 15.1. The van der Waals surface area contributed by atoms with Crippen LogP contribution in [0.4, 0.5) is 4.39 Å². The number of halogens is 2. The van der Waals surface area contributed by atoms with Crippen LogP contribution in [0, 0.1) is 11.2 Å². The van der Waals surface area contributed by atoms with Gasteiger partial charge in [-0.2, -0.15) is 0 Å². The summed E-state index contributed by atoms with van der Waals surface area (Å²) in [6, 6.07) is 4.32. The molecule has 0 radical (unpaired) electrons. The zero-order valence-corrected chi connectivity index (χ0v) is 12.1. The highest BCUT2D eigenvalue weighted by Gasteiger charge is 2.19. The van der Waals surface area contributed by atoms with E-state index in [1.54, 1.807) is 6.07 Å². The summed E-state index contributed by atoms with van der Waals surface area (Å²) in [4.78, 5) is 11.8. The summed E-state index contributed by atoms with van der Waals surface area (Å²) < 4.78 is 14.1. The van der Waals surface area contributed by atoms with Crippen LogP contribution < -0.4 is 5.32 Å². The van der Waals surface area contributed by atoms with Crippen LogP contribution >= 0.6 is 15.9 Å². The molecule has 0 spiro atoms. The first-order valence-corrected chi connectivity index (χ1v) is 6.49. The van der Waals surface area contributed by atoms with E-state index < -0.39 is 11.7 Å². The molecule has 18 heavy (non-hydrogen) atoms. The lowest BCUT2D eigenvalue weighted by atomic mass is 9.89. The van der Waals surface area contributed by atoms with Crippen LogP contribution in [0.15, 0.2) is 22.7 Å². The molecule has 0 aliphatic carbocycles. The Balaban J connectivity index is 2.66. The summed E-state index contributed by atoms with van der Waals surface area (Å²) in [6.07, 6.45) is 0.579. The fourth-order valence-corrected chi connectivity index (χ4v) is 1.81. The Morgan fingerprint density at radius 3 is 2.72 bits per heavy atom. The molecule has 5 heteroatoms. The molecular formula is C13H17BrFNO2. The maximum absolute atomic E-state index is 13.5. The summed E-state index contributed by atoms with van der Waals surface area (Å²) in [7, 11) is 0. The molecule has 1 amide bonds. The van der Waals surface area contributed by atoms with Gasteiger partial charge in [-0.3, -0.25) is 4.79 Å². The standard InChI is InChI=1S/C13H17BrFNO2/c1-13(2,5-6-17)8-16-12(18)10-4-3-9(14)7-11(10)15/h3-4,7,17H,5-6,8H2,1-2H3,(H,16,18). The second kappa shape index (κ2) is 6.29. The van der Waals surface area contributed by atoms with E-state index in [9.17, 15) is 9.18 Å². The average Bonchev–Trinajstić information content (AvgIpc) is 2.26. The molecule has 3 nitrogen and oxygen atoms in total. The van der Waals surface area contributed by atoms with Crippen molar-refractivity contribution >= 4 is 21.8 Å². The van der Waals surface area contributed by atoms with Crippen molar-refractivity contribution < 1.29 is 14.3 Å². The first-order chi connectivity index (χ1) is 8.35. The van der Waals surface area contributed by atoms with E-state index in [4.69, 9.17) is 5.11 Å². The number of carbonyl (C=O) groups is 1. The Labute approximate surface area is 115 Å². The van der Waals surface area contributed by atoms with Gasteiger partial charge in [-0.1, -0.05) is 29.8 Å². The highest BCUT2D eigenvalue weighted by molar-refractivity contribution is 9.10. The number of aliphatic hydroxyl groups is 1. The third-order valence-corrected chi connectivity index (χ3v) is 3.19. The van der Waals surface area contributed by atoms with Gasteiger partial charge < -0.3 is 10.4 Å². The number of rotatable bonds is 5. The van der Waals surface area contributed by atoms with E-state index in [0.29, 0.717) is 17.4 Å². The zero-order chi connectivity index (χ0) is 13.8. The Hall–Kier alpha value is -0.940. The van der Waals surface area contributed by atoms with Crippen molar-refractivity contribution in [3.63, 3.8) is 0 Å². The number of hydrogen-bond donors (Lipinski definition) is 2. The van der Waals surface area contributed by atoms with E-state index in [1.165, 1.54) is 12.1 Å². The van der Waals surface area contributed by atoms with Gasteiger partial charge in [-0.25, -0.2) is 4.39 Å². The summed E-state index contributed by atoms with van der Waals surface area (Å²) >= 11 is 3.14. The fraction of sp³-hybridized carbons (Fsp3) is 0.462. The van der Waals surface area contributed by atoms with Crippen LogP contribution in [-0.2, 0) is 0 Å². The van der Waals surface area contributed by atoms with Gasteiger partial charge in [-0.15, -0.1) is 0 Å². The molecule has 0 heterocycles. The van der Waals surface area contributed by atoms with Gasteiger partial charge in [0.2, 0.25) is 0 Å². The molecule has 0 fully saturated rings. The molecule has 0 atom stereocenters. The van der Waals surface area contributed by atoms with Crippen molar-refractivity contribution in [2.45, 2.75) is 20.3 Å². The summed E-state index contributed by atoms with van der Waals surface area (Å²) in [5.41, 5.74) is -0.186. The van der Waals surface area contributed by atoms with Crippen molar-refractivity contribution in [3.8, 4) is 0 Å². The van der Waals surface area contributed by atoms with Crippen LogP contribution in [0.5, 0.6) is 0 Å². The number of amides is 1. The summed E-state index contributed by atoms with van der Waals surface area (Å²) in [5, 5.41) is 11.6. The zero-order valence-electron chi connectivity index (χ0n) is 10.5. The van der Waals surface area contributed by atoms with E-state index in [0.717, 1.165) is 0 Å². The number of hydrogen-bond acceptors (Lipinski definition) is 2. The fourth-order valence-electron chi connectivity index (χ4n) is 1.48. The number of aliphatic hydroxyl groups excluding tert-OH is 1. The second-order valence-electron chi connectivity index (χ2n) is 4.94. The highest BCUT2D eigenvalue weighted by Crippen LogP contribution is 2.19. The van der Waals surface area contributed by atoms with Crippen LogP contribution in [0.2, 0.25) is 0 Å². The minimum absolute atomic E-state index is 0.0259. The molecule has 0 saturated carbocycles. The molecule has 0 aliphatic rings. The third kappa shape index (κ3) is 4.38. The highest BCUT2D eigenvalue weighted by atomic mass is 79.9. The largest absolute Gasteiger partial charge is 0.396 e. The molecule has 0 bridgehead atoms. The van der Waals surface area contributed by atoms with E-state index >= 15 is 0 Å². The lowest BCUT2D eigenvalue weighted by Gasteiger charge is -2.23. The second-order valence-corrected chi connectivity index (χ2v) is 5.86. The lowest BCUT2D eigenvalue weighted by Crippen LogP contribution is -2.34. The predicted octanol–water partition coefficient (Wildman–Crippen LogP) is 2.73. The van der Waals surface area contributed by atoms with Crippen LogP contribution in [0.1, 0.15) is 30.6 Å². The molecule has 0 aliphatic heterocycles. The molecule has 1 rings (SSSR count). The van der Waals surface area contributed by atoms with Gasteiger partial charge in [0, 0.05) is 17.6 Å². The van der Waals surface area contributed by atoms with Gasteiger partial charge in [0.15, 0.2) is 0 Å². The molecule has 1 aromatic rings. The lowest BCUT2D eigenvalue weighted by molar-refractivity contribution is 0.0924. The van der Waals surface area contributed by atoms with Crippen molar-refractivity contribution in [2.24, 2.45) is 5.41 Å². The molecular weight excluding hydrogens is 301 g/mol. The SMILES string of the molecule is CC(C)(CCO)CNC(=O)c1ccc(Br)cc1F. The van der Waals surface area contributed by atoms with E-state index in [-0.39, 0.29) is 17.6 Å². The minimum atomic E-state index is -0.554. The molecule has 0 saturated heterocycles. The van der Waals surface area contributed by atoms with Crippen molar-refractivity contribution in [2.75, 3.05) is 13.2 Å². The monoisotopic (exact) mass is 317 g/mol. The molecule has 100 valence electrons. The Morgan fingerprint density at radius 2 is 2.17 bits per heavy atom. The molecule has 0 unspecified atom stereocenters. The summed E-state index contributed by atoms with van der Waals surface area (Å²) in [5.74, 6) is -0.993. The van der Waals surface area contributed by atoms with Crippen molar-refractivity contribution in [1.29, 1.82) is 0 Å². The van der Waals surface area contributed by atoms with Crippen molar-refractivity contribution in [3.05, 3.63) is 34.1 Å². The van der Waals surface area contributed by atoms with E-state index in [1.807, 2.05) is 13.8 Å². The number of benzene rings is 1. The first-order valence-electron chi connectivity index (χ1n) is 5.70. The maximum atomic E-state index is 13.5. The van der Waals surface area contributed by atoms with E-state index in [2.05, 4.69) is 21.2 Å². The molecule has 2 N–H and O–H groups in total. The van der Waals surface area contributed by atoms with Gasteiger partial charge in [0.1, 0.15) is 5.82 Å². The minimum Gasteiger partial charge on any atom is -0.396 e. The number of carbonyl (C=O) groups excluding carboxylic acids is 1. The quantitative estimate of drug-likeness (QED) is 0.877. The number of nitrogens with one attached hydrogen (secondary N) is 1. The Kier molecular flexibility index (Phi) is 5.28. The smallest absolute Gasteiger partial charge is 0.254 e. The Bertz CT molecular complexity index is 435. The third-order valence-electron chi connectivity index (χ3n) is 2.69. The van der Waals surface area contributed by atoms with Crippen LogP contribution in [0.3, 0.4) is 0 Å². The van der Waals surface area contributed by atoms with Gasteiger partial charge in [0.25, 0.3) is 5.91 Å². The van der Waals surface area contributed by atoms with Gasteiger partial charge >= 0.3 is 0 Å². The Morgan fingerprint density at radius 1 is 1.50 bits per heavy atom. The topological polar surface area (TPSA) is 49.3 Å². The van der Waals surface area contributed by atoms with Gasteiger partial charge in [-0.05, 0) is 30.0 Å².